The van der Waals surface area contributed by atoms with Gasteiger partial charge in [-0.15, -0.1) is 0 Å². The van der Waals surface area contributed by atoms with Crippen LogP contribution in [0.5, 0.6) is 5.88 Å². The summed E-state index contributed by atoms with van der Waals surface area (Å²) in [5, 5.41) is 2.77. The smallest absolute Gasteiger partial charge is 0.253 e. The highest BCUT2D eigenvalue weighted by Gasteiger charge is 2.27. The van der Waals surface area contributed by atoms with E-state index < -0.39 is 0 Å². The molecule has 3 heterocycles. The lowest BCUT2D eigenvalue weighted by Crippen LogP contribution is -2.37. The Kier molecular flexibility index (Phi) is 4.94. The van der Waals surface area contributed by atoms with Gasteiger partial charge in [-0.2, -0.15) is 0 Å². The van der Waals surface area contributed by atoms with Gasteiger partial charge >= 0.3 is 0 Å². The number of thioether (sulfide) groups is 1. The van der Waals surface area contributed by atoms with E-state index >= 15 is 0 Å². The number of aromatic nitrogens is 1. The van der Waals surface area contributed by atoms with Crippen LogP contribution >= 0.6 is 11.8 Å². The number of hydrogen-bond donors (Lipinski definition) is 1. The molecular weight excluding hydrogens is 304 g/mol. The number of carbonyl (C=O) groups excluding carboxylic acids is 2. The fourth-order valence-corrected chi connectivity index (χ4v) is 3.35. The standard InChI is InChI=1S/C15H18N2O4S/c18-14(17-12-5-8-22-15(12)19)10-1-2-13(16-9-10)21-11-3-6-20-7-4-11/h1-2,9,11-12H,3-8H2,(H,17,18). The largest absolute Gasteiger partial charge is 0.474 e. The van der Waals surface area contributed by atoms with E-state index in [0.717, 1.165) is 18.6 Å². The van der Waals surface area contributed by atoms with Crippen LogP contribution in [0, 0.1) is 0 Å². The maximum absolute atomic E-state index is 12.1. The minimum atomic E-state index is -0.379. The number of nitrogens with one attached hydrogen (secondary N) is 1. The van der Waals surface area contributed by atoms with Crippen molar-refractivity contribution in [3.63, 3.8) is 0 Å². The first kappa shape index (κ1) is 15.3. The Morgan fingerprint density at radius 3 is 2.77 bits per heavy atom. The summed E-state index contributed by atoms with van der Waals surface area (Å²) in [4.78, 5) is 27.8. The summed E-state index contributed by atoms with van der Waals surface area (Å²) in [5.74, 6) is 1.00. The average Bonchev–Trinajstić information content (AvgIpc) is 2.94. The molecule has 7 heteroatoms. The number of ether oxygens (including phenoxy) is 2. The van der Waals surface area contributed by atoms with Crippen LogP contribution in [0.15, 0.2) is 18.3 Å². The fraction of sp³-hybridized carbons (Fsp3) is 0.533. The second kappa shape index (κ2) is 7.11. The first-order valence-electron chi connectivity index (χ1n) is 7.40. The number of pyridine rings is 1. The van der Waals surface area contributed by atoms with Crippen LogP contribution in [0.3, 0.4) is 0 Å². The molecule has 2 saturated heterocycles. The predicted molar refractivity (Wildman–Crippen MR) is 82.0 cm³/mol. The average molecular weight is 322 g/mol. The lowest BCUT2D eigenvalue weighted by molar-refractivity contribution is -0.112. The summed E-state index contributed by atoms with van der Waals surface area (Å²) in [7, 11) is 0. The Hall–Kier alpha value is -1.60. The summed E-state index contributed by atoms with van der Waals surface area (Å²) in [6, 6.07) is 2.98. The summed E-state index contributed by atoms with van der Waals surface area (Å²) < 4.78 is 11.0. The van der Waals surface area contributed by atoms with Crippen LogP contribution in [-0.2, 0) is 9.53 Å². The van der Waals surface area contributed by atoms with Gasteiger partial charge in [0.25, 0.3) is 5.91 Å². The minimum Gasteiger partial charge on any atom is -0.474 e. The molecule has 1 N–H and O–H groups in total. The van der Waals surface area contributed by atoms with Crippen LogP contribution < -0.4 is 10.1 Å². The van der Waals surface area contributed by atoms with Crippen LogP contribution in [0.2, 0.25) is 0 Å². The molecule has 0 radical (unpaired) electrons. The topological polar surface area (TPSA) is 77.5 Å². The maximum Gasteiger partial charge on any atom is 0.253 e. The Bertz CT molecular complexity index is 543. The molecule has 2 aliphatic rings. The van der Waals surface area contributed by atoms with Crippen LogP contribution in [-0.4, -0.2) is 47.1 Å². The second-order valence-electron chi connectivity index (χ2n) is 5.30. The van der Waals surface area contributed by atoms with E-state index in [9.17, 15) is 9.59 Å². The minimum absolute atomic E-state index is 0.0285. The highest BCUT2D eigenvalue weighted by molar-refractivity contribution is 8.14. The Balaban J connectivity index is 1.56. The molecule has 0 saturated carbocycles. The van der Waals surface area contributed by atoms with Gasteiger partial charge in [0.15, 0.2) is 0 Å². The zero-order valence-electron chi connectivity index (χ0n) is 12.1. The number of hydrogen-bond acceptors (Lipinski definition) is 6. The number of rotatable bonds is 4. The summed E-state index contributed by atoms with van der Waals surface area (Å²) in [6.07, 6.45) is 4.00. The van der Waals surface area contributed by atoms with Crippen molar-refractivity contribution in [3.8, 4) is 5.88 Å². The SMILES string of the molecule is O=C(NC1CCSC1=O)c1ccc(OC2CCOCC2)nc1. The molecule has 2 fully saturated rings. The highest BCUT2D eigenvalue weighted by Crippen LogP contribution is 2.20. The normalized spacial score (nSPS) is 22.5. The van der Waals surface area contributed by atoms with Gasteiger partial charge in [0.2, 0.25) is 11.0 Å². The van der Waals surface area contributed by atoms with E-state index in [-0.39, 0.29) is 23.2 Å². The fourth-order valence-electron chi connectivity index (χ4n) is 2.42. The van der Waals surface area contributed by atoms with Crippen LogP contribution in [0.25, 0.3) is 0 Å². The third-order valence-corrected chi connectivity index (χ3v) is 4.70. The first-order valence-corrected chi connectivity index (χ1v) is 8.39. The zero-order valence-corrected chi connectivity index (χ0v) is 12.9. The molecule has 6 nitrogen and oxygen atoms in total. The second-order valence-corrected chi connectivity index (χ2v) is 6.40. The van der Waals surface area contributed by atoms with Crippen molar-refractivity contribution in [2.24, 2.45) is 0 Å². The van der Waals surface area contributed by atoms with Gasteiger partial charge in [0, 0.05) is 30.9 Å². The molecule has 118 valence electrons. The first-order chi connectivity index (χ1) is 10.7. The van der Waals surface area contributed by atoms with Gasteiger partial charge in [0.1, 0.15) is 6.10 Å². The molecule has 1 atom stereocenters. The van der Waals surface area contributed by atoms with E-state index in [1.165, 1.54) is 18.0 Å². The van der Waals surface area contributed by atoms with Crippen molar-refractivity contribution in [1.82, 2.24) is 10.3 Å². The van der Waals surface area contributed by atoms with E-state index in [0.29, 0.717) is 31.1 Å². The highest BCUT2D eigenvalue weighted by atomic mass is 32.2. The third kappa shape index (κ3) is 3.78. The van der Waals surface area contributed by atoms with Crippen molar-refractivity contribution < 1.29 is 19.1 Å². The van der Waals surface area contributed by atoms with Crippen molar-refractivity contribution in [2.75, 3.05) is 19.0 Å². The Labute approximate surface area is 133 Å². The lowest BCUT2D eigenvalue weighted by Gasteiger charge is -2.22. The lowest BCUT2D eigenvalue weighted by atomic mass is 10.1. The molecular formula is C15H18N2O4S. The van der Waals surface area contributed by atoms with Gasteiger partial charge in [-0.3, -0.25) is 9.59 Å². The van der Waals surface area contributed by atoms with E-state index in [2.05, 4.69) is 10.3 Å². The molecule has 1 aromatic rings. The van der Waals surface area contributed by atoms with Gasteiger partial charge in [-0.1, -0.05) is 11.8 Å². The monoisotopic (exact) mass is 322 g/mol. The molecule has 0 aliphatic carbocycles. The zero-order chi connectivity index (χ0) is 15.4. The molecule has 0 bridgehead atoms. The molecule has 1 amide bonds. The quantitative estimate of drug-likeness (QED) is 0.903. The van der Waals surface area contributed by atoms with Crippen molar-refractivity contribution in [1.29, 1.82) is 0 Å². The van der Waals surface area contributed by atoms with E-state index in [1.807, 2.05) is 0 Å². The van der Waals surface area contributed by atoms with E-state index in [4.69, 9.17) is 9.47 Å². The van der Waals surface area contributed by atoms with Crippen LogP contribution in [0.4, 0.5) is 0 Å². The molecule has 3 rings (SSSR count). The number of carbonyl (C=O) groups is 2. The van der Waals surface area contributed by atoms with Crippen LogP contribution in [0.1, 0.15) is 29.6 Å². The Morgan fingerprint density at radius 2 is 2.14 bits per heavy atom. The van der Waals surface area contributed by atoms with Gasteiger partial charge in [0.05, 0.1) is 24.8 Å². The summed E-state index contributed by atoms with van der Waals surface area (Å²) in [6.45, 7) is 1.41. The molecule has 1 unspecified atom stereocenters. The molecule has 1 aromatic heterocycles. The molecule has 22 heavy (non-hydrogen) atoms. The number of nitrogens with zero attached hydrogens (tertiary/aromatic N) is 1. The maximum atomic E-state index is 12.1. The molecule has 0 spiro atoms. The third-order valence-electron chi connectivity index (χ3n) is 3.69. The van der Waals surface area contributed by atoms with E-state index in [1.54, 1.807) is 12.1 Å². The van der Waals surface area contributed by atoms with Crippen molar-refractivity contribution in [3.05, 3.63) is 23.9 Å². The van der Waals surface area contributed by atoms with Crippen molar-refractivity contribution in [2.45, 2.75) is 31.4 Å². The summed E-state index contributed by atoms with van der Waals surface area (Å²) in [5.41, 5.74) is 0.434. The molecule has 0 aromatic carbocycles. The van der Waals surface area contributed by atoms with Crippen molar-refractivity contribution >= 4 is 22.8 Å². The summed E-state index contributed by atoms with van der Waals surface area (Å²) >= 11 is 1.26. The Morgan fingerprint density at radius 1 is 1.32 bits per heavy atom. The van der Waals surface area contributed by atoms with Gasteiger partial charge in [-0.05, 0) is 12.5 Å². The van der Waals surface area contributed by atoms with Gasteiger partial charge in [-0.25, -0.2) is 4.98 Å². The predicted octanol–water partition coefficient (Wildman–Crippen LogP) is 1.40. The number of amides is 1. The molecule has 2 aliphatic heterocycles. The van der Waals surface area contributed by atoms with Gasteiger partial charge < -0.3 is 14.8 Å².